The van der Waals surface area contributed by atoms with E-state index in [1.807, 2.05) is 30.5 Å². The number of amides is 1. The third kappa shape index (κ3) is 4.36. The molecule has 2 aromatic carbocycles. The van der Waals surface area contributed by atoms with Crippen LogP contribution in [0.4, 0.5) is 8.78 Å². The monoisotopic (exact) mass is 447 g/mol. The highest BCUT2D eigenvalue weighted by atomic mass is 19.1. The molecule has 33 heavy (non-hydrogen) atoms. The van der Waals surface area contributed by atoms with E-state index in [2.05, 4.69) is 9.97 Å². The third-order valence-corrected chi connectivity index (χ3v) is 6.02. The average molecular weight is 447 g/mol. The van der Waals surface area contributed by atoms with Crippen molar-refractivity contribution in [3.8, 4) is 11.3 Å². The van der Waals surface area contributed by atoms with Gasteiger partial charge in [0.2, 0.25) is 5.91 Å². The van der Waals surface area contributed by atoms with Crippen molar-refractivity contribution in [2.24, 2.45) is 0 Å². The average Bonchev–Trinajstić information content (AvgIpc) is 3.26. The van der Waals surface area contributed by atoms with Crippen LogP contribution in [0, 0.1) is 11.6 Å². The summed E-state index contributed by atoms with van der Waals surface area (Å²) < 4.78 is 34.3. The maximum Gasteiger partial charge on any atom is 0.223 e. The van der Waals surface area contributed by atoms with Crippen molar-refractivity contribution in [3.63, 3.8) is 0 Å². The largest absolute Gasteiger partial charge is 0.368 e. The third-order valence-electron chi connectivity index (χ3n) is 6.02. The topological polar surface area (TPSA) is 58.2 Å². The maximum absolute atomic E-state index is 14.2. The van der Waals surface area contributed by atoms with E-state index >= 15 is 0 Å². The first kappa shape index (κ1) is 21.3. The van der Waals surface area contributed by atoms with Crippen LogP contribution in [0.1, 0.15) is 23.8 Å². The first-order valence-corrected chi connectivity index (χ1v) is 11.0. The van der Waals surface area contributed by atoms with E-state index in [4.69, 9.17) is 4.74 Å². The molecule has 1 atom stereocenters. The Hall–Kier alpha value is -3.58. The van der Waals surface area contributed by atoms with Crippen molar-refractivity contribution in [1.82, 2.24) is 14.9 Å². The Bertz CT molecular complexity index is 1280. The van der Waals surface area contributed by atoms with Crippen molar-refractivity contribution in [1.29, 1.82) is 0 Å². The molecule has 7 heteroatoms. The van der Waals surface area contributed by atoms with Gasteiger partial charge in [0.05, 0.1) is 30.1 Å². The number of morpholine rings is 1. The predicted molar refractivity (Wildman–Crippen MR) is 121 cm³/mol. The van der Waals surface area contributed by atoms with Gasteiger partial charge in [-0.1, -0.05) is 30.3 Å². The lowest BCUT2D eigenvalue weighted by atomic mass is 10.1. The Kier molecular flexibility index (Phi) is 5.88. The van der Waals surface area contributed by atoms with Crippen LogP contribution in [0.5, 0.6) is 0 Å². The molecule has 1 aliphatic rings. The molecule has 1 fully saturated rings. The van der Waals surface area contributed by atoms with E-state index in [0.29, 0.717) is 38.2 Å². The summed E-state index contributed by atoms with van der Waals surface area (Å²) in [6.07, 6.45) is 2.54. The first-order valence-electron chi connectivity index (χ1n) is 11.0. The van der Waals surface area contributed by atoms with Crippen LogP contribution in [0.15, 0.2) is 66.9 Å². The van der Waals surface area contributed by atoms with Crippen LogP contribution >= 0.6 is 0 Å². The van der Waals surface area contributed by atoms with Gasteiger partial charge in [-0.15, -0.1) is 0 Å². The van der Waals surface area contributed by atoms with Gasteiger partial charge in [-0.05, 0) is 42.3 Å². The first-order chi connectivity index (χ1) is 16.1. The van der Waals surface area contributed by atoms with Crippen molar-refractivity contribution in [2.75, 3.05) is 19.7 Å². The second-order valence-electron chi connectivity index (χ2n) is 8.10. The molecule has 5 nitrogen and oxygen atoms in total. The fourth-order valence-electron chi connectivity index (χ4n) is 4.31. The number of carbonyl (C=O) groups excluding carboxylic acids is 1. The van der Waals surface area contributed by atoms with Gasteiger partial charge in [0, 0.05) is 30.1 Å². The lowest BCUT2D eigenvalue weighted by Gasteiger charge is -2.33. The summed E-state index contributed by atoms with van der Waals surface area (Å²) in [5.74, 6) is -1.29. The van der Waals surface area contributed by atoms with Crippen molar-refractivity contribution in [3.05, 3.63) is 89.8 Å². The summed E-state index contributed by atoms with van der Waals surface area (Å²) in [6, 6.07) is 16.8. The van der Waals surface area contributed by atoms with Crippen LogP contribution in [-0.4, -0.2) is 40.5 Å². The number of nitrogens with one attached hydrogen (secondary N) is 1. The van der Waals surface area contributed by atoms with Gasteiger partial charge in [-0.2, -0.15) is 0 Å². The zero-order chi connectivity index (χ0) is 22.8. The van der Waals surface area contributed by atoms with Gasteiger partial charge in [0.15, 0.2) is 0 Å². The molecule has 1 unspecified atom stereocenters. The molecule has 1 saturated heterocycles. The fraction of sp³-hybridized carbons (Fsp3) is 0.231. The Balaban J connectivity index is 1.28. The number of carbonyl (C=O) groups is 1. The number of aryl methyl sites for hydroxylation is 1. The highest BCUT2D eigenvalue weighted by Gasteiger charge is 2.27. The standard InChI is InChI=1S/C26H23F2N3O2/c27-19-6-3-7-20(28)26(19)23-10-4-9-22(30-23)24-16-31(13-14-33-24)25(32)12-11-17-15-29-21-8-2-1-5-18(17)21/h1-10,15,24,29H,11-14,16H2. The molecular weight excluding hydrogens is 424 g/mol. The van der Waals surface area contributed by atoms with Crippen LogP contribution in [0.25, 0.3) is 22.2 Å². The molecule has 2 aromatic heterocycles. The molecule has 0 bridgehead atoms. The number of hydrogen-bond acceptors (Lipinski definition) is 3. The number of H-pyrrole nitrogens is 1. The zero-order valence-electron chi connectivity index (χ0n) is 17.9. The lowest BCUT2D eigenvalue weighted by Crippen LogP contribution is -2.42. The van der Waals surface area contributed by atoms with Crippen LogP contribution in [-0.2, 0) is 16.0 Å². The number of benzene rings is 2. The van der Waals surface area contributed by atoms with Gasteiger partial charge >= 0.3 is 0 Å². The van der Waals surface area contributed by atoms with Crippen molar-refractivity contribution in [2.45, 2.75) is 18.9 Å². The van der Waals surface area contributed by atoms with Gasteiger partial charge in [-0.25, -0.2) is 13.8 Å². The van der Waals surface area contributed by atoms with E-state index in [9.17, 15) is 13.6 Å². The number of hydrogen-bond donors (Lipinski definition) is 1. The van der Waals surface area contributed by atoms with Crippen LogP contribution in [0.2, 0.25) is 0 Å². The number of halogens is 2. The molecule has 1 aliphatic heterocycles. The summed E-state index contributed by atoms with van der Waals surface area (Å²) in [6.45, 7) is 1.23. The van der Waals surface area contributed by atoms with E-state index in [-0.39, 0.29) is 17.2 Å². The molecule has 0 spiro atoms. The summed E-state index contributed by atoms with van der Waals surface area (Å²) in [5, 5.41) is 1.13. The smallest absolute Gasteiger partial charge is 0.223 e. The summed E-state index contributed by atoms with van der Waals surface area (Å²) in [4.78, 5) is 22.4. The zero-order valence-corrected chi connectivity index (χ0v) is 17.9. The number of rotatable bonds is 5. The lowest BCUT2D eigenvalue weighted by molar-refractivity contribution is -0.139. The molecule has 0 radical (unpaired) electrons. The fourth-order valence-corrected chi connectivity index (χ4v) is 4.31. The van der Waals surface area contributed by atoms with E-state index < -0.39 is 17.7 Å². The maximum atomic E-state index is 14.2. The quantitative estimate of drug-likeness (QED) is 0.466. The Labute approximate surface area is 190 Å². The number of aromatic amines is 1. The number of ether oxygens (including phenoxy) is 1. The molecule has 5 rings (SSSR count). The number of para-hydroxylation sites is 1. The predicted octanol–water partition coefficient (Wildman–Crippen LogP) is 5.04. The SMILES string of the molecule is O=C(CCc1c[nH]c2ccccc12)N1CCOC(c2cccc(-c3c(F)cccc3F)n2)C1. The van der Waals surface area contributed by atoms with Gasteiger partial charge in [0.25, 0.3) is 0 Å². The molecule has 1 N–H and O–H groups in total. The molecule has 4 aromatic rings. The minimum Gasteiger partial charge on any atom is -0.368 e. The van der Waals surface area contributed by atoms with E-state index in [0.717, 1.165) is 16.5 Å². The number of aromatic nitrogens is 2. The number of pyridine rings is 1. The Morgan fingerprint density at radius 2 is 1.85 bits per heavy atom. The highest BCUT2D eigenvalue weighted by molar-refractivity contribution is 5.84. The van der Waals surface area contributed by atoms with Crippen molar-refractivity contribution < 1.29 is 18.3 Å². The molecule has 1 amide bonds. The number of fused-ring (bicyclic) bond motifs is 1. The normalized spacial score (nSPS) is 16.3. The van der Waals surface area contributed by atoms with Crippen LogP contribution in [0.3, 0.4) is 0 Å². The molecular formula is C26H23F2N3O2. The molecule has 0 aliphatic carbocycles. The summed E-state index contributed by atoms with van der Waals surface area (Å²) in [5.41, 5.74) is 2.76. The summed E-state index contributed by atoms with van der Waals surface area (Å²) >= 11 is 0. The highest BCUT2D eigenvalue weighted by Crippen LogP contribution is 2.28. The van der Waals surface area contributed by atoms with Gasteiger partial charge in [0.1, 0.15) is 17.7 Å². The minimum absolute atomic E-state index is 0.0462. The van der Waals surface area contributed by atoms with Crippen molar-refractivity contribution >= 4 is 16.8 Å². The van der Waals surface area contributed by atoms with Gasteiger partial charge in [-0.3, -0.25) is 4.79 Å². The second kappa shape index (κ2) is 9.11. The Morgan fingerprint density at radius 3 is 2.70 bits per heavy atom. The van der Waals surface area contributed by atoms with E-state index in [1.165, 1.54) is 18.2 Å². The molecule has 0 saturated carbocycles. The van der Waals surface area contributed by atoms with E-state index in [1.54, 1.807) is 23.1 Å². The second-order valence-corrected chi connectivity index (χ2v) is 8.10. The minimum atomic E-state index is -0.668. The summed E-state index contributed by atoms with van der Waals surface area (Å²) in [7, 11) is 0. The molecule has 3 heterocycles. The number of nitrogens with zero attached hydrogens (tertiary/aromatic N) is 2. The molecule has 168 valence electrons. The van der Waals surface area contributed by atoms with Gasteiger partial charge < -0.3 is 14.6 Å². The Morgan fingerprint density at radius 1 is 1.06 bits per heavy atom. The van der Waals surface area contributed by atoms with Crippen LogP contribution < -0.4 is 0 Å².